The number of aromatic nitrogens is 2. The summed E-state index contributed by atoms with van der Waals surface area (Å²) in [7, 11) is 1.76. The van der Waals surface area contributed by atoms with E-state index < -0.39 is 0 Å². The minimum absolute atomic E-state index is 0.179. The Morgan fingerprint density at radius 3 is 3.08 bits per heavy atom. The molecule has 1 aromatic rings. The van der Waals surface area contributed by atoms with Crippen molar-refractivity contribution < 1.29 is 4.79 Å². The van der Waals surface area contributed by atoms with Gasteiger partial charge in [-0.2, -0.15) is 0 Å². The Balaban J connectivity index is 2.70. The maximum absolute atomic E-state index is 11.6. The SMILES string of the molecule is C=CN(CNC)C(=O)n1ccnc1. The Bertz CT molecular complexity index is 280. The zero-order valence-corrected chi connectivity index (χ0v) is 7.47. The summed E-state index contributed by atoms with van der Waals surface area (Å²) in [4.78, 5) is 16.8. The topological polar surface area (TPSA) is 50.2 Å². The molecule has 13 heavy (non-hydrogen) atoms. The maximum atomic E-state index is 11.6. The predicted molar refractivity (Wildman–Crippen MR) is 49.0 cm³/mol. The van der Waals surface area contributed by atoms with Crippen LogP contribution < -0.4 is 5.32 Å². The van der Waals surface area contributed by atoms with Crippen molar-refractivity contribution in [3.63, 3.8) is 0 Å². The van der Waals surface area contributed by atoms with Gasteiger partial charge in [-0.25, -0.2) is 9.78 Å². The van der Waals surface area contributed by atoms with Crippen LogP contribution in [0.3, 0.4) is 0 Å². The van der Waals surface area contributed by atoms with Gasteiger partial charge >= 0.3 is 6.03 Å². The van der Waals surface area contributed by atoms with Crippen molar-refractivity contribution in [2.45, 2.75) is 0 Å². The number of nitrogens with one attached hydrogen (secondary N) is 1. The van der Waals surface area contributed by atoms with E-state index in [9.17, 15) is 4.79 Å². The molecule has 1 N–H and O–H groups in total. The van der Waals surface area contributed by atoms with Crippen LogP contribution in [0.25, 0.3) is 0 Å². The summed E-state index contributed by atoms with van der Waals surface area (Å²) in [5.41, 5.74) is 0. The number of amides is 1. The molecule has 1 heterocycles. The summed E-state index contributed by atoms with van der Waals surface area (Å²) in [5.74, 6) is 0. The summed E-state index contributed by atoms with van der Waals surface area (Å²) in [6, 6.07) is -0.179. The second kappa shape index (κ2) is 4.42. The van der Waals surface area contributed by atoms with Gasteiger partial charge in [-0.3, -0.25) is 9.47 Å². The van der Waals surface area contributed by atoms with Gasteiger partial charge in [-0.1, -0.05) is 6.58 Å². The molecule has 5 heteroatoms. The summed E-state index contributed by atoms with van der Waals surface area (Å²) in [5, 5.41) is 2.86. The molecule has 0 fully saturated rings. The lowest BCUT2D eigenvalue weighted by molar-refractivity contribution is 0.215. The van der Waals surface area contributed by atoms with Gasteiger partial charge in [-0.05, 0) is 7.05 Å². The zero-order chi connectivity index (χ0) is 9.68. The maximum Gasteiger partial charge on any atom is 0.334 e. The molecule has 0 unspecified atom stereocenters. The second-order valence-corrected chi connectivity index (χ2v) is 2.42. The molecule has 1 rings (SSSR count). The standard InChI is InChI=1S/C8H12N4O/c1-3-11(6-9-2)8(13)12-5-4-10-7-12/h3-5,7,9H,1,6H2,2H3. The summed E-state index contributed by atoms with van der Waals surface area (Å²) in [6.07, 6.45) is 6.07. The number of carbonyl (C=O) groups excluding carboxylic acids is 1. The first kappa shape index (κ1) is 9.47. The van der Waals surface area contributed by atoms with E-state index in [0.29, 0.717) is 6.67 Å². The number of carbonyl (C=O) groups is 1. The highest BCUT2D eigenvalue weighted by Gasteiger charge is 2.09. The van der Waals surface area contributed by atoms with Gasteiger partial charge in [0.05, 0.1) is 6.67 Å². The molecule has 0 aliphatic rings. The summed E-state index contributed by atoms with van der Waals surface area (Å²) >= 11 is 0. The number of hydrogen-bond donors (Lipinski definition) is 1. The van der Waals surface area contributed by atoms with Crippen molar-refractivity contribution in [3.8, 4) is 0 Å². The molecule has 0 saturated carbocycles. The van der Waals surface area contributed by atoms with Crippen molar-refractivity contribution in [3.05, 3.63) is 31.5 Å². The number of hydrogen-bond acceptors (Lipinski definition) is 3. The smallest absolute Gasteiger partial charge is 0.303 e. The molecule has 0 aromatic carbocycles. The Labute approximate surface area is 76.7 Å². The van der Waals surface area contributed by atoms with Crippen molar-refractivity contribution >= 4 is 6.03 Å². The fraction of sp³-hybridized carbons (Fsp3) is 0.250. The molecule has 0 spiro atoms. The molecule has 0 aliphatic heterocycles. The van der Waals surface area contributed by atoms with Crippen LogP contribution in [0.15, 0.2) is 31.5 Å². The van der Waals surface area contributed by atoms with Crippen molar-refractivity contribution in [2.24, 2.45) is 0 Å². The fourth-order valence-electron chi connectivity index (χ4n) is 0.901. The first-order chi connectivity index (χ1) is 6.29. The predicted octanol–water partition coefficient (Wildman–Crippen LogP) is 0.474. The molecular weight excluding hydrogens is 168 g/mol. The molecule has 70 valence electrons. The third-order valence-electron chi connectivity index (χ3n) is 1.52. The second-order valence-electron chi connectivity index (χ2n) is 2.42. The highest BCUT2D eigenvalue weighted by atomic mass is 16.2. The molecule has 0 aliphatic carbocycles. The number of nitrogens with zero attached hydrogens (tertiary/aromatic N) is 3. The monoisotopic (exact) mass is 180 g/mol. The van der Waals surface area contributed by atoms with Crippen LogP contribution in [0.5, 0.6) is 0 Å². The molecule has 0 atom stereocenters. The molecule has 0 bridgehead atoms. The lowest BCUT2D eigenvalue weighted by atomic mass is 10.7. The Hall–Kier alpha value is -1.62. The van der Waals surface area contributed by atoms with Gasteiger partial charge < -0.3 is 5.32 Å². The highest BCUT2D eigenvalue weighted by Crippen LogP contribution is 1.94. The van der Waals surface area contributed by atoms with Crippen LogP contribution in [0, 0.1) is 0 Å². The molecule has 1 amide bonds. The minimum atomic E-state index is -0.179. The Morgan fingerprint density at radius 2 is 2.62 bits per heavy atom. The van der Waals surface area contributed by atoms with E-state index in [-0.39, 0.29) is 6.03 Å². The fourth-order valence-corrected chi connectivity index (χ4v) is 0.901. The molecule has 0 saturated heterocycles. The Morgan fingerprint density at radius 1 is 1.85 bits per heavy atom. The number of rotatable bonds is 3. The van der Waals surface area contributed by atoms with Crippen LogP contribution >= 0.6 is 0 Å². The van der Waals surface area contributed by atoms with Crippen molar-refractivity contribution in [1.29, 1.82) is 0 Å². The van der Waals surface area contributed by atoms with Crippen LogP contribution in [0.2, 0.25) is 0 Å². The molecule has 5 nitrogen and oxygen atoms in total. The lowest BCUT2D eigenvalue weighted by Crippen LogP contribution is -2.35. The molecule has 1 aromatic heterocycles. The van der Waals surface area contributed by atoms with Crippen LogP contribution in [0.1, 0.15) is 0 Å². The van der Waals surface area contributed by atoms with Crippen LogP contribution in [0.4, 0.5) is 4.79 Å². The van der Waals surface area contributed by atoms with E-state index in [2.05, 4.69) is 16.9 Å². The minimum Gasteiger partial charge on any atom is -0.303 e. The normalized spacial score (nSPS) is 9.62. The van der Waals surface area contributed by atoms with Gasteiger partial charge in [0, 0.05) is 18.6 Å². The first-order valence-electron chi connectivity index (χ1n) is 3.85. The quantitative estimate of drug-likeness (QED) is 0.688. The summed E-state index contributed by atoms with van der Waals surface area (Å²) in [6.45, 7) is 3.97. The van der Waals surface area contributed by atoms with E-state index in [4.69, 9.17) is 0 Å². The third kappa shape index (κ3) is 2.16. The number of imidazole rings is 1. The van der Waals surface area contributed by atoms with Gasteiger partial charge in [0.15, 0.2) is 0 Å². The average Bonchev–Trinajstić information content (AvgIpc) is 2.65. The lowest BCUT2D eigenvalue weighted by Gasteiger charge is -2.16. The van der Waals surface area contributed by atoms with E-state index in [1.165, 1.54) is 22.0 Å². The zero-order valence-electron chi connectivity index (χ0n) is 7.47. The van der Waals surface area contributed by atoms with Gasteiger partial charge in [-0.15, -0.1) is 0 Å². The highest BCUT2D eigenvalue weighted by molar-refractivity contribution is 5.77. The van der Waals surface area contributed by atoms with Gasteiger partial charge in [0.1, 0.15) is 6.33 Å². The van der Waals surface area contributed by atoms with E-state index in [1.807, 2.05) is 0 Å². The third-order valence-corrected chi connectivity index (χ3v) is 1.52. The van der Waals surface area contributed by atoms with E-state index >= 15 is 0 Å². The van der Waals surface area contributed by atoms with E-state index in [1.54, 1.807) is 19.4 Å². The van der Waals surface area contributed by atoms with Crippen LogP contribution in [-0.4, -0.2) is 34.2 Å². The molecule has 0 radical (unpaired) electrons. The van der Waals surface area contributed by atoms with Crippen molar-refractivity contribution in [1.82, 2.24) is 19.8 Å². The summed E-state index contributed by atoms with van der Waals surface area (Å²) < 4.78 is 1.39. The van der Waals surface area contributed by atoms with Crippen molar-refractivity contribution in [2.75, 3.05) is 13.7 Å². The van der Waals surface area contributed by atoms with E-state index in [0.717, 1.165) is 0 Å². The average molecular weight is 180 g/mol. The molecular formula is C8H12N4O. The van der Waals surface area contributed by atoms with Crippen LogP contribution in [-0.2, 0) is 0 Å². The van der Waals surface area contributed by atoms with Gasteiger partial charge in [0.2, 0.25) is 0 Å². The Kier molecular flexibility index (Phi) is 3.22. The van der Waals surface area contributed by atoms with Gasteiger partial charge in [0.25, 0.3) is 0 Å². The first-order valence-corrected chi connectivity index (χ1v) is 3.85. The largest absolute Gasteiger partial charge is 0.334 e.